The molecular formula is C12H16F2N2O2. The maximum absolute atomic E-state index is 13.2. The van der Waals surface area contributed by atoms with Gasteiger partial charge in [0.1, 0.15) is 17.2 Å². The van der Waals surface area contributed by atoms with Crippen molar-refractivity contribution in [2.75, 3.05) is 33.4 Å². The van der Waals surface area contributed by atoms with Gasteiger partial charge in [0.15, 0.2) is 0 Å². The van der Waals surface area contributed by atoms with Gasteiger partial charge in [-0.2, -0.15) is 0 Å². The average molecular weight is 258 g/mol. The standard InChI is InChI=1S/C12H16F2N2O2/c1-18-8-7-15-5-6-16-12(17)11-9(13)3-2-4-10(11)14/h2-4,15H,5-8H2,1H3,(H,16,17). The number of nitrogens with one attached hydrogen (secondary N) is 2. The summed E-state index contributed by atoms with van der Waals surface area (Å²) in [7, 11) is 1.59. The predicted octanol–water partition coefficient (Wildman–Crippen LogP) is 0.931. The van der Waals surface area contributed by atoms with Crippen molar-refractivity contribution in [2.45, 2.75) is 0 Å². The average Bonchev–Trinajstić information content (AvgIpc) is 2.33. The topological polar surface area (TPSA) is 50.4 Å². The van der Waals surface area contributed by atoms with E-state index in [1.54, 1.807) is 7.11 Å². The van der Waals surface area contributed by atoms with E-state index in [0.717, 1.165) is 12.1 Å². The fourth-order valence-corrected chi connectivity index (χ4v) is 1.37. The van der Waals surface area contributed by atoms with Crippen LogP contribution in [0.15, 0.2) is 18.2 Å². The molecule has 0 spiro atoms. The minimum atomic E-state index is -0.861. The number of carbonyl (C=O) groups is 1. The Balaban J connectivity index is 2.37. The van der Waals surface area contributed by atoms with E-state index in [4.69, 9.17) is 4.74 Å². The monoisotopic (exact) mass is 258 g/mol. The zero-order valence-electron chi connectivity index (χ0n) is 10.1. The molecule has 0 saturated carbocycles. The lowest BCUT2D eigenvalue weighted by molar-refractivity contribution is 0.0945. The van der Waals surface area contributed by atoms with E-state index in [1.807, 2.05) is 0 Å². The summed E-state index contributed by atoms with van der Waals surface area (Å²) in [6.07, 6.45) is 0. The van der Waals surface area contributed by atoms with Crippen LogP contribution in [0.3, 0.4) is 0 Å². The zero-order valence-corrected chi connectivity index (χ0v) is 10.1. The Morgan fingerprint density at radius 2 is 1.89 bits per heavy atom. The number of methoxy groups -OCH3 is 1. The van der Waals surface area contributed by atoms with Crippen LogP contribution in [-0.4, -0.2) is 39.3 Å². The van der Waals surface area contributed by atoms with Crippen molar-refractivity contribution in [2.24, 2.45) is 0 Å². The first-order valence-corrected chi connectivity index (χ1v) is 5.58. The van der Waals surface area contributed by atoms with Crippen molar-refractivity contribution >= 4 is 5.91 Å². The van der Waals surface area contributed by atoms with Gasteiger partial charge in [0.2, 0.25) is 0 Å². The molecule has 1 amide bonds. The molecule has 0 atom stereocenters. The van der Waals surface area contributed by atoms with E-state index in [2.05, 4.69) is 10.6 Å². The van der Waals surface area contributed by atoms with Crippen LogP contribution in [0.1, 0.15) is 10.4 Å². The van der Waals surface area contributed by atoms with Gasteiger partial charge in [-0.1, -0.05) is 6.07 Å². The smallest absolute Gasteiger partial charge is 0.257 e. The molecule has 0 aliphatic heterocycles. The van der Waals surface area contributed by atoms with Crippen LogP contribution in [0.5, 0.6) is 0 Å². The largest absolute Gasteiger partial charge is 0.383 e. The minimum Gasteiger partial charge on any atom is -0.383 e. The molecule has 6 heteroatoms. The van der Waals surface area contributed by atoms with Crippen LogP contribution < -0.4 is 10.6 Å². The van der Waals surface area contributed by atoms with Crippen molar-refractivity contribution in [1.29, 1.82) is 0 Å². The molecule has 0 heterocycles. The number of benzene rings is 1. The van der Waals surface area contributed by atoms with Gasteiger partial charge >= 0.3 is 0 Å². The molecule has 0 unspecified atom stereocenters. The molecule has 4 nitrogen and oxygen atoms in total. The summed E-state index contributed by atoms with van der Waals surface area (Å²) in [5.41, 5.74) is -0.547. The first-order valence-electron chi connectivity index (χ1n) is 5.58. The Bertz CT molecular complexity index is 379. The lowest BCUT2D eigenvalue weighted by Gasteiger charge is -2.07. The van der Waals surface area contributed by atoms with Crippen molar-refractivity contribution in [3.05, 3.63) is 35.4 Å². The van der Waals surface area contributed by atoms with E-state index in [0.29, 0.717) is 19.7 Å². The first kappa shape index (κ1) is 14.5. The second kappa shape index (κ2) is 7.73. The quantitative estimate of drug-likeness (QED) is 0.715. The number of hydrogen-bond donors (Lipinski definition) is 2. The van der Waals surface area contributed by atoms with Gasteiger partial charge in [-0.05, 0) is 12.1 Å². The molecule has 2 N–H and O–H groups in total. The second-order valence-electron chi connectivity index (χ2n) is 3.60. The normalized spacial score (nSPS) is 10.4. The van der Waals surface area contributed by atoms with E-state index < -0.39 is 23.1 Å². The summed E-state index contributed by atoms with van der Waals surface area (Å²) in [5, 5.41) is 5.43. The summed E-state index contributed by atoms with van der Waals surface area (Å²) in [6, 6.07) is 3.32. The van der Waals surface area contributed by atoms with Crippen molar-refractivity contribution < 1.29 is 18.3 Å². The third-order valence-electron chi connectivity index (χ3n) is 2.26. The summed E-state index contributed by atoms with van der Waals surface area (Å²) >= 11 is 0. The van der Waals surface area contributed by atoms with E-state index in [9.17, 15) is 13.6 Å². The molecule has 1 rings (SSSR count). The van der Waals surface area contributed by atoms with Gasteiger partial charge < -0.3 is 15.4 Å². The minimum absolute atomic E-state index is 0.288. The molecule has 0 fully saturated rings. The number of rotatable bonds is 7. The number of amides is 1. The highest BCUT2D eigenvalue weighted by Gasteiger charge is 2.15. The van der Waals surface area contributed by atoms with Crippen LogP contribution in [0, 0.1) is 11.6 Å². The summed E-state index contributed by atoms with van der Waals surface area (Å²) in [4.78, 5) is 11.5. The van der Waals surface area contributed by atoms with Crippen LogP contribution in [0.4, 0.5) is 8.78 Å². The van der Waals surface area contributed by atoms with Crippen LogP contribution >= 0.6 is 0 Å². The highest BCUT2D eigenvalue weighted by atomic mass is 19.1. The molecule has 0 radical (unpaired) electrons. The molecule has 0 saturated heterocycles. The van der Waals surface area contributed by atoms with Gasteiger partial charge in [-0.25, -0.2) is 8.78 Å². The second-order valence-corrected chi connectivity index (χ2v) is 3.60. The predicted molar refractivity (Wildman–Crippen MR) is 63.4 cm³/mol. The number of halogens is 2. The van der Waals surface area contributed by atoms with Gasteiger partial charge in [0.25, 0.3) is 5.91 Å². The van der Waals surface area contributed by atoms with Crippen molar-refractivity contribution in [1.82, 2.24) is 10.6 Å². The molecule has 18 heavy (non-hydrogen) atoms. The number of hydrogen-bond acceptors (Lipinski definition) is 3. The highest BCUT2D eigenvalue weighted by molar-refractivity contribution is 5.94. The first-order chi connectivity index (χ1) is 8.66. The Hall–Kier alpha value is -1.53. The fourth-order valence-electron chi connectivity index (χ4n) is 1.37. The number of carbonyl (C=O) groups excluding carboxylic acids is 1. The van der Waals surface area contributed by atoms with Gasteiger partial charge in [0, 0.05) is 26.7 Å². The van der Waals surface area contributed by atoms with Crippen LogP contribution in [-0.2, 0) is 4.74 Å². The van der Waals surface area contributed by atoms with E-state index in [1.165, 1.54) is 6.07 Å². The molecule has 0 bridgehead atoms. The Labute approximate surface area is 104 Å². The molecule has 1 aromatic carbocycles. The molecule has 0 aromatic heterocycles. The number of ether oxygens (including phenoxy) is 1. The zero-order chi connectivity index (χ0) is 13.4. The highest BCUT2D eigenvalue weighted by Crippen LogP contribution is 2.11. The SMILES string of the molecule is COCCNCCNC(=O)c1c(F)cccc1F. The molecule has 0 aliphatic carbocycles. The Kier molecular flexibility index (Phi) is 6.24. The third kappa shape index (κ3) is 4.38. The van der Waals surface area contributed by atoms with E-state index >= 15 is 0 Å². The van der Waals surface area contributed by atoms with Crippen molar-refractivity contribution in [3.8, 4) is 0 Å². The maximum Gasteiger partial charge on any atom is 0.257 e. The lowest BCUT2D eigenvalue weighted by Crippen LogP contribution is -2.33. The van der Waals surface area contributed by atoms with Crippen molar-refractivity contribution in [3.63, 3.8) is 0 Å². The van der Waals surface area contributed by atoms with E-state index in [-0.39, 0.29) is 6.54 Å². The van der Waals surface area contributed by atoms with Gasteiger partial charge in [-0.15, -0.1) is 0 Å². The maximum atomic E-state index is 13.2. The summed E-state index contributed by atoms with van der Waals surface area (Å²) < 4.78 is 31.3. The van der Waals surface area contributed by atoms with Crippen LogP contribution in [0.25, 0.3) is 0 Å². The summed E-state index contributed by atoms with van der Waals surface area (Å²) in [5.74, 6) is -2.47. The fraction of sp³-hybridized carbons (Fsp3) is 0.417. The molecular weight excluding hydrogens is 242 g/mol. The lowest BCUT2D eigenvalue weighted by atomic mass is 10.2. The molecule has 0 aliphatic rings. The Morgan fingerprint density at radius 3 is 2.50 bits per heavy atom. The molecule has 1 aromatic rings. The van der Waals surface area contributed by atoms with Gasteiger partial charge in [0.05, 0.1) is 6.61 Å². The van der Waals surface area contributed by atoms with Crippen LogP contribution in [0.2, 0.25) is 0 Å². The summed E-state index contributed by atoms with van der Waals surface area (Å²) in [6.45, 7) is 2.01. The Morgan fingerprint density at radius 1 is 1.22 bits per heavy atom. The van der Waals surface area contributed by atoms with Gasteiger partial charge in [-0.3, -0.25) is 4.79 Å². The third-order valence-corrected chi connectivity index (χ3v) is 2.26. The molecule has 100 valence electrons.